The topological polar surface area (TPSA) is 65.2 Å². The molecule has 6 heteroatoms. The zero-order valence-corrected chi connectivity index (χ0v) is 12.7. The number of nitrogens with zero attached hydrogens (tertiary/aromatic N) is 2. The van der Waals surface area contributed by atoms with E-state index in [1.165, 1.54) is 12.1 Å². The van der Waals surface area contributed by atoms with Gasteiger partial charge in [0, 0.05) is 11.5 Å². The van der Waals surface area contributed by atoms with Gasteiger partial charge in [0.1, 0.15) is 22.9 Å². The molecular formula is C16H10Cl2N2O2. The lowest BCUT2D eigenvalue weighted by Crippen LogP contribution is -1.75. The molecule has 0 aliphatic carbocycles. The zero-order valence-electron chi connectivity index (χ0n) is 11.2. The number of halogens is 2. The molecule has 0 aliphatic rings. The van der Waals surface area contributed by atoms with E-state index in [1.54, 1.807) is 12.1 Å². The van der Waals surface area contributed by atoms with Gasteiger partial charge in [0.15, 0.2) is 0 Å². The zero-order chi connectivity index (χ0) is 15.7. The molecule has 0 fully saturated rings. The van der Waals surface area contributed by atoms with Crippen molar-refractivity contribution in [1.82, 2.24) is 0 Å². The Morgan fingerprint density at radius 3 is 2.36 bits per heavy atom. The molecule has 3 aromatic carbocycles. The highest BCUT2D eigenvalue weighted by atomic mass is 35.5. The van der Waals surface area contributed by atoms with E-state index >= 15 is 0 Å². The predicted octanol–water partition coefficient (Wildman–Crippen LogP) is 5.97. The van der Waals surface area contributed by atoms with Crippen LogP contribution in [-0.4, -0.2) is 10.2 Å². The van der Waals surface area contributed by atoms with Crippen molar-refractivity contribution in [2.45, 2.75) is 0 Å². The van der Waals surface area contributed by atoms with E-state index in [0.717, 1.165) is 10.8 Å². The van der Waals surface area contributed by atoms with Gasteiger partial charge in [-0.25, -0.2) is 0 Å². The second-order valence-electron chi connectivity index (χ2n) is 4.61. The van der Waals surface area contributed by atoms with Gasteiger partial charge in [0.2, 0.25) is 0 Å². The highest BCUT2D eigenvalue weighted by molar-refractivity contribution is 6.37. The molecule has 0 unspecified atom stereocenters. The third-order valence-corrected chi connectivity index (χ3v) is 3.76. The lowest BCUT2D eigenvalue weighted by atomic mass is 10.1. The number of fused-ring (bicyclic) bond motifs is 1. The lowest BCUT2D eigenvalue weighted by molar-refractivity contribution is 0.476. The van der Waals surface area contributed by atoms with Crippen molar-refractivity contribution >= 4 is 45.3 Å². The number of phenols is 2. The Morgan fingerprint density at radius 1 is 0.773 bits per heavy atom. The van der Waals surface area contributed by atoms with E-state index in [1.807, 2.05) is 24.3 Å². The molecule has 0 spiro atoms. The number of hydrogen-bond donors (Lipinski definition) is 2. The minimum Gasteiger partial charge on any atom is -0.506 e. The van der Waals surface area contributed by atoms with Gasteiger partial charge in [-0.15, -0.1) is 10.2 Å². The van der Waals surface area contributed by atoms with Gasteiger partial charge in [-0.05, 0) is 17.5 Å². The Labute approximate surface area is 136 Å². The highest BCUT2D eigenvalue weighted by Crippen LogP contribution is 2.39. The van der Waals surface area contributed by atoms with Crippen LogP contribution in [0.15, 0.2) is 58.8 Å². The van der Waals surface area contributed by atoms with Crippen LogP contribution in [0, 0.1) is 0 Å². The first kappa shape index (κ1) is 14.6. The maximum Gasteiger partial charge on any atom is 0.143 e. The summed E-state index contributed by atoms with van der Waals surface area (Å²) in [6, 6.07) is 13.5. The van der Waals surface area contributed by atoms with Crippen molar-refractivity contribution in [1.29, 1.82) is 0 Å². The first-order valence-corrected chi connectivity index (χ1v) is 7.12. The summed E-state index contributed by atoms with van der Waals surface area (Å²) in [5.41, 5.74) is 0.597. The van der Waals surface area contributed by atoms with Gasteiger partial charge in [0.25, 0.3) is 0 Å². The van der Waals surface area contributed by atoms with Crippen LogP contribution in [0.25, 0.3) is 10.8 Å². The summed E-state index contributed by atoms with van der Waals surface area (Å²) >= 11 is 11.8. The van der Waals surface area contributed by atoms with E-state index in [0.29, 0.717) is 5.69 Å². The summed E-state index contributed by atoms with van der Waals surface area (Å²) in [5.74, 6) is -0.126. The molecule has 3 rings (SSSR count). The van der Waals surface area contributed by atoms with Crippen LogP contribution in [0.2, 0.25) is 10.0 Å². The summed E-state index contributed by atoms with van der Waals surface area (Å²) in [6.07, 6.45) is 0. The molecule has 0 aliphatic heterocycles. The van der Waals surface area contributed by atoms with Gasteiger partial charge in [-0.3, -0.25) is 0 Å². The normalized spacial score (nSPS) is 11.4. The van der Waals surface area contributed by atoms with Gasteiger partial charge >= 0.3 is 0 Å². The molecule has 0 aromatic heterocycles. The second kappa shape index (κ2) is 5.83. The summed E-state index contributed by atoms with van der Waals surface area (Å²) < 4.78 is 0. The molecule has 0 saturated heterocycles. The first-order valence-electron chi connectivity index (χ1n) is 6.37. The minimum absolute atomic E-state index is 0.0109. The number of azo groups is 1. The standard InChI is InChI=1S/C16H10Cl2N2O2/c17-11-7-12(18)15(22)8-13(11)19-20-16-10-4-2-1-3-9(10)5-6-14(16)21/h1-8,21-22H. The third kappa shape index (κ3) is 2.71. The largest absolute Gasteiger partial charge is 0.506 e. The quantitative estimate of drug-likeness (QED) is 0.567. The number of hydrogen-bond acceptors (Lipinski definition) is 4. The minimum atomic E-state index is -0.137. The van der Waals surface area contributed by atoms with Gasteiger partial charge in [0.05, 0.1) is 10.0 Å². The van der Waals surface area contributed by atoms with Crippen LogP contribution in [0.3, 0.4) is 0 Å². The van der Waals surface area contributed by atoms with Crippen molar-refractivity contribution in [2.75, 3.05) is 0 Å². The first-order chi connectivity index (χ1) is 10.6. The fraction of sp³-hybridized carbons (Fsp3) is 0. The molecule has 110 valence electrons. The molecule has 0 amide bonds. The summed E-state index contributed by atoms with van der Waals surface area (Å²) in [7, 11) is 0. The molecule has 22 heavy (non-hydrogen) atoms. The Kier molecular flexibility index (Phi) is 3.88. The molecule has 2 N–H and O–H groups in total. The summed E-state index contributed by atoms with van der Waals surface area (Å²) in [6.45, 7) is 0. The Balaban J connectivity index is 2.10. The molecule has 0 radical (unpaired) electrons. The van der Waals surface area contributed by atoms with Crippen molar-refractivity contribution in [3.63, 3.8) is 0 Å². The molecule has 0 heterocycles. The van der Waals surface area contributed by atoms with Crippen molar-refractivity contribution in [2.24, 2.45) is 10.2 Å². The smallest absolute Gasteiger partial charge is 0.143 e. The Hall–Kier alpha value is -2.30. The van der Waals surface area contributed by atoms with Crippen LogP contribution < -0.4 is 0 Å². The monoisotopic (exact) mass is 332 g/mol. The number of aromatic hydroxyl groups is 2. The summed E-state index contributed by atoms with van der Waals surface area (Å²) in [5, 5.41) is 29.8. The van der Waals surface area contributed by atoms with Crippen molar-refractivity contribution in [3.05, 3.63) is 58.6 Å². The SMILES string of the molecule is Oc1cc(N=Nc2c(O)ccc3ccccc23)c(Cl)cc1Cl. The average Bonchev–Trinajstić information content (AvgIpc) is 2.51. The van der Waals surface area contributed by atoms with Crippen molar-refractivity contribution < 1.29 is 10.2 Å². The van der Waals surface area contributed by atoms with E-state index in [2.05, 4.69) is 10.2 Å². The van der Waals surface area contributed by atoms with Crippen LogP contribution >= 0.6 is 23.2 Å². The van der Waals surface area contributed by atoms with Gasteiger partial charge in [-0.1, -0.05) is 53.5 Å². The number of phenolic OH excluding ortho intramolecular Hbond substituents is 2. The fourth-order valence-electron chi connectivity index (χ4n) is 2.06. The molecule has 3 aromatic rings. The maximum absolute atomic E-state index is 10.00. The molecular weight excluding hydrogens is 323 g/mol. The molecule has 0 atom stereocenters. The van der Waals surface area contributed by atoms with E-state index in [9.17, 15) is 10.2 Å². The summed E-state index contributed by atoms with van der Waals surface area (Å²) in [4.78, 5) is 0. The second-order valence-corrected chi connectivity index (χ2v) is 5.42. The maximum atomic E-state index is 10.00. The van der Waals surface area contributed by atoms with Crippen LogP contribution in [0.5, 0.6) is 11.5 Å². The predicted molar refractivity (Wildman–Crippen MR) is 87.9 cm³/mol. The number of rotatable bonds is 2. The van der Waals surface area contributed by atoms with Gasteiger partial charge < -0.3 is 10.2 Å². The highest BCUT2D eigenvalue weighted by Gasteiger charge is 2.08. The van der Waals surface area contributed by atoms with E-state index in [-0.39, 0.29) is 27.2 Å². The Morgan fingerprint density at radius 2 is 1.55 bits per heavy atom. The lowest BCUT2D eigenvalue weighted by Gasteiger charge is -2.04. The van der Waals surface area contributed by atoms with Gasteiger partial charge in [-0.2, -0.15) is 0 Å². The third-order valence-electron chi connectivity index (χ3n) is 3.15. The van der Waals surface area contributed by atoms with E-state index in [4.69, 9.17) is 23.2 Å². The Bertz CT molecular complexity index is 895. The van der Waals surface area contributed by atoms with Crippen molar-refractivity contribution in [3.8, 4) is 11.5 Å². The average molecular weight is 333 g/mol. The van der Waals surface area contributed by atoms with E-state index < -0.39 is 0 Å². The molecule has 0 saturated carbocycles. The fourth-order valence-corrected chi connectivity index (χ4v) is 2.48. The molecule has 4 nitrogen and oxygen atoms in total. The van der Waals surface area contributed by atoms with Crippen LogP contribution in [0.1, 0.15) is 0 Å². The number of benzene rings is 3. The molecule has 0 bridgehead atoms. The van der Waals surface area contributed by atoms with Crippen LogP contribution in [-0.2, 0) is 0 Å². The van der Waals surface area contributed by atoms with Crippen LogP contribution in [0.4, 0.5) is 11.4 Å².